The number of aryl methyl sites for hydroxylation is 1. The molecule has 9 heteroatoms. The monoisotopic (exact) mass is 495 g/mol. The van der Waals surface area contributed by atoms with Gasteiger partial charge in [-0.05, 0) is 50.1 Å². The number of nitrogens with one attached hydrogen (secondary N) is 1. The highest BCUT2D eigenvalue weighted by Gasteiger charge is 2.30. The van der Waals surface area contributed by atoms with Crippen molar-refractivity contribution in [3.05, 3.63) is 70.3 Å². The van der Waals surface area contributed by atoms with E-state index in [4.69, 9.17) is 26.1 Å². The number of fused-ring (bicyclic) bond motifs is 3. The Balaban J connectivity index is 1.69. The minimum absolute atomic E-state index is 0.0968. The van der Waals surface area contributed by atoms with Gasteiger partial charge in [-0.2, -0.15) is 0 Å². The lowest BCUT2D eigenvalue weighted by Gasteiger charge is -2.14. The second-order valence-corrected chi connectivity index (χ2v) is 8.78. The van der Waals surface area contributed by atoms with Crippen LogP contribution in [-0.2, 0) is 9.53 Å². The lowest BCUT2D eigenvalue weighted by Crippen LogP contribution is -2.27. The lowest BCUT2D eigenvalue weighted by molar-refractivity contribution is -0.121. The minimum atomic E-state index is -0.517. The molecule has 3 aromatic rings. The predicted octanol–water partition coefficient (Wildman–Crippen LogP) is 4.45. The summed E-state index contributed by atoms with van der Waals surface area (Å²) >= 11 is 6.15. The first-order chi connectivity index (χ1) is 17.0. The van der Waals surface area contributed by atoms with Crippen LogP contribution in [0.4, 0.5) is 0 Å². The first-order valence-electron chi connectivity index (χ1n) is 11.8. The summed E-state index contributed by atoms with van der Waals surface area (Å²) in [5.41, 5.74) is 3.38. The van der Waals surface area contributed by atoms with Gasteiger partial charge < -0.3 is 14.8 Å². The molecule has 1 aliphatic rings. The van der Waals surface area contributed by atoms with Crippen molar-refractivity contribution in [2.45, 2.75) is 39.2 Å². The molecule has 1 aromatic heterocycles. The van der Waals surface area contributed by atoms with E-state index in [0.717, 1.165) is 47.8 Å². The van der Waals surface area contributed by atoms with Gasteiger partial charge in [-0.25, -0.2) is 0 Å². The van der Waals surface area contributed by atoms with Gasteiger partial charge in [0.1, 0.15) is 17.6 Å². The molecule has 0 spiro atoms. The summed E-state index contributed by atoms with van der Waals surface area (Å²) in [5.74, 6) is 1.95. The van der Waals surface area contributed by atoms with E-state index in [0.29, 0.717) is 29.7 Å². The molecule has 2 aromatic carbocycles. The van der Waals surface area contributed by atoms with Crippen molar-refractivity contribution in [1.29, 1.82) is 0 Å². The molecule has 2 heterocycles. The summed E-state index contributed by atoms with van der Waals surface area (Å²) in [6.07, 6.45) is 1.89. The largest absolute Gasteiger partial charge is 0.497 e. The Morgan fingerprint density at radius 1 is 1.14 bits per heavy atom. The molecule has 0 fully saturated rings. The molecule has 0 bridgehead atoms. The van der Waals surface area contributed by atoms with E-state index in [9.17, 15) is 4.79 Å². The number of benzene rings is 2. The summed E-state index contributed by atoms with van der Waals surface area (Å²) in [4.78, 5) is 17.9. The highest BCUT2D eigenvalue weighted by Crippen LogP contribution is 2.34. The van der Waals surface area contributed by atoms with Gasteiger partial charge >= 0.3 is 0 Å². The second-order valence-electron chi connectivity index (χ2n) is 8.34. The Kier molecular flexibility index (Phi) is 8.15. The van der Waals surface area contributed by atoms with Crippen LogP contribution in [0.2, 0.25) is 5.02 Å². The van der Waals surface area contributed by atoms with Crippen LogP contribution in [0.3, 0.4) is 0 Å². The molecule has 1 atom stereocenters. The van der Waals surface area contributed by atoms with Crippen LogP contribution in [-0.4, -0.2) is 53.3 Å². The summed E-state index contributed by atoms with van der Waals surface area (Å²) in [7, 11) is 1.63. The standard InChI is InChI=1S/C26H30ClN5O3/c1-4-13-35-14-5-12-28-24(33)16-22-26-31-30-17(2)32(26)23-11-10-20(34-3)15-21(23)25(29-22)18-6-8-19(27)9-7-18/h6-11,15,22H,4-5,12-14,16H2,1-3H3,(H,28,33)/t22-/m0/s1. The molecule has 184 valence electrons. The van der Waals surface area contributed by atoms with Gasteiger partial charge in [0.25, 0.3) is 0 Å². The van der Waals surface area contributed by atoms with Gasteiger partial charge in [-0.15, -0.1) is 10.2 Å². The van der Waals surface area contributed by atoms with Crippen molar-refractivity contribution in [3.63, 3.8) is 0 Å². The van der Waals surface area contributed by atoms with Crippen molar-refractivity contribution < 1.29 is 14.3 Å². The maximum Gasteiger partial charge on any atom is 0.222 e. The second kappa shape index (κ2) is 11.5. The maximum atomic E-state index is 12.9. The number of halogens is 1. The van der Waals surface area contributed by atoms with Crippen LogP contribution >= 0.6 is 11.6 Å². The Morgan fingerprint density at radius 3 is 2.69 bits per heavy atom. The molecule has 1 N–H and O–H groups in total. The molecule has 0 aliphatic carbocycles. The Hall–Kier alpha value is -3.23. The first-order valence-corrected chi connectivity index (χ1v) is 12.2. The van der Waals surface area contributed by atoms with E-state index >= 15 is 0 Å². The van der Waals surface area contributed by atoms with Crippen molar-refractivity contribution >= 4 is 23.2 Å². The normalized spacial score (nSPS) is 14.5. The van der Waals surface area contributed by atoms with E-state index in [1.165, 1.54) is 0 Å². The van der Waals surface area contributed by atoms with Crippen molar-refractivity contribution in [1.82, 2.24) is 20.1 Å². The van der Waals surface area contributed by atoms with Crippen LogP contribution < -0.4 is 10.1 Å². The fraction of sp³-hybridized carbons (Fsp3) is 0.385. The summed E-state index contributed by atoms with van der Waals surface area (Å²) < 4.78 is 13.0. The van der Waals surface area contributed by atoms with Gasteiger partial charge in [0.2, 0.25) is 5.91 Å². The van der Waals surface area contributed by atoms with Crippen molar-refractivity contribution in [2.75, 3.05) is 26.9 Å². The third kappa shape index (κ3) is 5.71. The molecule has 0 radical (unpaired) electrons. The quantitative estimate of drug-likeness (QED) is 0.419. The zero-order valence-corrected chi connectivity index (χ0v) is 21.0. The van der Waals surface area contributed by atoms with Gasteiger partial charge in [0, 0.05) is 35.9 Å². The smallest absolute Gasteiger partial charge is 0.222 e. The first kappa shape index (κ1) is 24.9. The molecular weight excluding hydrogens is 466 g/mol. The van der Waals surface area contributed by atoms with Gasteiger partial charge in [-0.3, -0.25) is 14.4 Å². The van der Waals surface area contributed by atoms with E-state index in [-0.39, 0.29) is 12.3 Å². The number of carbonyl (C=O) groups excluding carboxylic acids is 1. The Bertz CT molecular complexity index is 1210. The average Bonchev–Trinajstić information content (AvgIpc) is 3.19. The van der Waals surface area contributed by atoms with Crippen LogP contribution in [0.25, 0.3) is 5.69 Å². The van der Waals surface area contributed by atoms with Crippen molar-refractivity contribution in [3.8, 4) is 11.4 Å². The summed E-state index contributed by atoms with van der Waals surface area (Å²) in [6, 6.07) is 12.8. The SMILES string of the molecule is CCCOCCCNC(=O)C[C@@H]1N=C(c2ccc(Cl)cc2)c2cc(OC)ccc2-n2c(C)nnc21. The Labute approximate surface area is 210 Å². The van der Waals surface area contributed by atoms with Gasteiger partial charge in [0.15, 0.2) is 5.82 Å². The minimum Gasteiger partial charge on any atom is -0.497 e. The molecule has 35 heavy (non-hydrogen) atoms. The average molecular weight is 496 g/mol. The van der Waals surface area contributed by atoms with E-state index in [2.05, 4.69) is 22.4 Å². The third-order valence-corrected chi connectivity index (χ3v) is 6.02. The number of amides is 1. The molecule has 1 amide bonds. The number of hydrogen-bond donors (Lipinski definition) is 1. The van der Waals surface area contributed by atoms with E-state index < -0.39 is 6.04 Å². The number of carbonyl (C=O) groups is 1. The molecule has 0 saturated heterocycles. The third-order valence-electron chi connectivity index (χ3n) is 5.77. The fourth-order valence-electron chi connectivity index (χ4n) is 4.07. The van der Waals surface area contributed by atoms with Crippen molar-refractivity contribution in [2.24, 2.45) is 4.99 Å². The molecule has 0 saturated carbocycles. The predicted molar refractivity (Wildman–Crippen MR) is 136 cm³/mol. The number of rotatable bonds is 10. The lowest BCUT2D eigenvalue weighted by atomic mass is 10.00. The highest BCUT2D eigenvalue weighted by atomic mass is 35.5. The van der Waals surface area contributed by atoms with Gasteiger partial charge in [-0.1, -0.05) is 30.7 Å². The summed E-state index contributed by atoms with van der Waals surface area (Å²) in [6.45, 7) is 5.87. The number of methoxy groups -OCH3 is 1. The van der Waals surface area contributed by atoms with Crippen LogP contribution in [0, 0.1) is 6.92 Å². The maximum absolute atomic E-state index is 12.9. The zero-order valence-electron chi connectivity index (χ0n) is 20.3. The van der Waals surface area contributed by atoms with Crippen LogP contribution in [0.5, 0.6) is 5.75 Å². The number of ether oxygens (including phenoxy) is 2. The number of aliphatic imine (C=N–C) groups is 1. The van der Waals surface area contributed by atoms with Gasteiger partial charge in [0.05, 0.1) is 24.9 Å². The number of hydrogen-bond acceptors (Lipinski definition) is 6. The Morgan fingerprint density at radius 2 is 1.94 bits per heavy atom. The van der Waals surface area contributed by atoms with E-state index in [1.54, 1.807) is 7.11 Å². The van der Waals surface area contributed by atoms with Crippen LogP contribution in [0.1, 0.15) is 55.0 Å². The highest BCUT2D eigenvalue weighted by molar-refractivity contribution is 6.30. The molecular formula is C26H30ClN5O3. The molecule has 8 nitrogen and oxygen atoms in total. The molecule has 1 aliphatic heterocycles. The zero-order chi connectivity index (χ0) is 24.8. The fourth-order valence-corrected chi connectivity index (χ4v) is 4.20. The summed E-state index contributed by atoms with van der Waals surface area (Å²) in [5, 5.41) is 12.3. The topological polar surface area (TPSA) is 90.6 Å². The molecule has 0 unspecified atom stereocenters. The number of aromatic nitrogens is 3. The number of nitrogens with zero attached hydrogens (tertiary/aromatic N) is 4. The molecule has 4 rings (SSSR count). The van der Waals surface area contributed by atoms with Crippen LogP contribution in [0.15, 0.2) is 47.5 Å². The van der Waals surface area contributed by atoms with E-state index in [1.807, 2.05) is 54.0 Å².